The Hall–Kier alpha value is -3.15. The van der Waals surface area contributed by atoms with E-state index in [0.29, 0.717) is 17.3 Å². The minimum Gasteiger partial charge on any atom is -0.497 e. The number of carbonyl (C=O) groups excluding carboxylic acids is 1. The first-order valence-electron chi connectivity index (χ1n) is 9.04. The number of piperidine rings is 1. The fourth-order valence-corrected chi connectivity index (χ4v) is 3.55. The smallest absolute Gasteiger partial charge is 0.253 e. The molecule has 6 nitrogen and oxygen atoms in total. The highest BCUT2D eigenvalue weighted by Crippen LogP contribution is 2.30. The van der Waals surface area contributed by atoms with Gasteiger partial charge in [0.05, 0.1) is 7.11 Å². The molecule has 27 heavy (non-hydrogen) atoms. The molecule has 0 bridgehead atoms. The molecular weight excluding hydrogens is 342 g/mol. The Kier molecular flexibility index (Phi) is 4.87. The number of rotatable bonds is 4. The average Bonchev–Trinajstić information content (AvgIpc) is 3.28. The molecule has 0 saturated carbocycles. The van der Waals surface area contributed by atoms with Gasteiger partial charge in [-0.05, 0) is 48.6 Å². The van der Waals surface area contributed by atoms with Gasteiger partial charge in [0.1, 0.15) is 5.75 Å². The second-order valence-corrected chi connectivity index (χ2v) is 6.68. The van der Waals surface area contributed by atoms with E-state index in [-0.39, 0.29) is 5.91 Å². The zero-order valence-electron chi connectivity index (χ0n) is 15.2. The summed E-state index contributed by atoms with van der Waals surface area (Å²) in [5, 5.41) is 3.81. The Morgan fingerprint density at radius 1 is 1.15 bits per heavy atom. The first-order valence-corrected chi connectivity index (χ1v) is 9.04. The summed E-state index contributed by atoms with van der Waals surface area (Å²) in [6.07, 6.45) is 3.21. The lowest BCUT2D eigenvalue weighted by atomic mass is 9.89. The van der Waals surface area contributed by atoms with Gasteiger partial charge in [0.25, 0.3) is 5.91 Å². The predicted octanol–water partition coefficient (Wildman–Crippen LogP) is 3.77. The first kappa shape index (κ1) is 17.3. The van der Waals surface area contributed by atoms with Crippen molar-refractivity contribution in [3.05, 3.63) is 66.1 Å². The van der Waals surface area contributed by atoms with Crippen LogP contribution in [0.3, 0.4) is 0 Å². The molecule has 1 fully saturated rings. The van der Waals surface area contributed by atoms with E-state index in [4.69, 9.17) is 9.26 Å². The fourth-order valence-electron chi connectivity index (χ4n) is 3.55. The lowest BCUT2D eigenvalue weighted by Crippen LogP contribution is -2.37. The maximum Gasteiger partial charge on any atom is 0.253 e. The maximum absolute atomic E-state index is 12.8. The lowest BCUT2D eigenvalue weighted by Gasteiger charge is -2.32. The summed E-state index contributed by atoms with van der Waals surface area (Å²) in [6.45, 7) is 1.51. The van der Waals surface area contributed by atoms with Crippen molar-refractivity contribution in [1.29, 1.82) is 0 Å². The number of carbonyl (C=O) groups is 1. The van der Waals surface area contributed by atoms with Crippen LogP contribution < -0.4 is 4.74 Å². The van der Waals surface area contributed by atoms with E-state index < -0.39 is 0 Å². The van der Waals surface area contributed by atoms with E-state index in [1.165, 1.54) is 12.0 Å². The van der Waals surface area contributed by atoms with E-state index in [2.05, 4.69) is 22.3 Å². The van der Waals surface area contributed by atoms with Crippen LogP contribution in [0, 0.1) is 0 Å². The van der Waals surface area contributed by atoms with Crippen molar-refractivity contribution in [2.75, 3.05) is 20.2 Å². The number of benzene rings is 2. The molecular formula is C21H21N3O3. The molecule has 2 heterocycles. The normalized spacial score (nSPS) is 14.9. The molecule has 0 spiro atoms. The standard InChI is InChI=1S/C21H21N3O3/c1-26-19-4-2-3-18(13-19)15-9-11-24(12-10-15)21(25)17-7-5-16(6-8-17)20-22-14-27-23-20/h2-8,13-15H,9-12H2,1H3. The summed E-state index contributed by atoms with van der Waals surface area (Å²) in [5.74, 6) is 1.93. The van der Waals surface area contributed by atoms with E-state index in [1.807, 2.05) is 41.3 Å². The minimum absolute atomic E-state index is 0.0683. The molecule has 4 rings (SSSR count). The molecule has 138 valence electrons. The Labute approximate surface area is 157 Å². The highest BCUT2D eigenvalue weighted by molar-refractivity contribution is 5.94. The predicted molar refractivity (Wildman–Crippen MR) is 101 cm³/mol. The molecule has 3 aromatic rings. The molecule has 0 unspecified atom stereocenters. The zero-order chi connectivity index (χ0) is 18.6. The van der Waals surface area contributed by atoms with Crippen LogP contribution in [-0.4, -0.2) is 41.1 Å². The molecule has 2 aromatic carbocycles. The zero-order valence-corrected chi connectivity index (χ0v) is 15.2. The van der Waals surface area contributed by atoms with Crippen molar-refractivity contribution in [2.45, 2.75) is 18.8 Å². The Morgan fingerprint density at radius 3 is 2.59 bits per heavy atom. The number of aromatic nitrogens is 2. The van der Waals surface area contributed by atoms with E-state index in [9.17, 15) is 4.79 Å². The molecule has 1 aliphatic rings. The molecule has 0 atom stereocenters. The third-order valence-electron chi connectivity index (χ3n) is 5.10. The van der Waals surface area contributed by atoms with Crippen molar-refractivity contribution in [3.63, 3.8) is 0 Å². The molecule has 6 heteroatoms. The Bertz CT molecular complexity index is 899. The second kappa shape index (κ2) is 7.61. The number of amides is 1. The van der Waals surface area contributed by atoms with Crippen LogP contribution in [0.2, 0.25) is 0 Å². The van der Waals surface area contributed by atoms with E-state index in [0.717, 1.165) is 37.2 Å². The van der Waals surface area contributed by atoms with Gasteiger partial charge >= 0.3 is 0 Å². The number of ether oxygens (including phenoxy) is 1. The van der Waals surface area contributed by atoms with Crippen LogP contribution in [0.1, 0.15) is 34.7 Å². The van der Waals surface area contributed by atoms with Gasteiger partial charge < -0.3 is 14.2 Å². The molecule has 1 aliphatic heterocycles. The highest BCUT2D eigenvalue weighted by atomic mass is 16.5. The average molecular weight is 363 g/mol. The van der Waals surface area contributed by atoms with Crippen LogP contribution in [0.15, 0.2) is 59.4 Å². The van der Waals surface area contributed by atoms with Crippen LogP contribution >= 0.6 is 0 Å². The minimum atomic E-state index is 0.0683. The summed E-state index contributed by atoms with van der Waals surface area (Å²) < 4.78 is 10.1. The molecule has 0 N–H and O–H groups in total. The maximum atomic E-state index is 12.8. The number of likely N-dealkylation sites (tertiary alicyclic amines) is 1. The van der Waals surface area contributed by atoms with Gasteiger partial charge in [0.2, 0.25) is 12.2 Å². The van der Waals surface area contributed by atoms with Gasteiger partial charge in [0, 0.05) is 24.2 Å². The largest absolute Gasteiger partial charge is 0.497 e. The van der Waals surface area contributed by atoms with Crippen molar-refractivity contribution in [2.24, 2.45) is 0 Å². The topological polar surface area (TPSA) is 68.5 Å². The van der Waals surface area contributed by atoms with Gasteiger partial charge in [-0.1, -0.05) is 29.4 Å². The van der Waals surface area contributed by atoms with Crippen molar-refractivity contribution in [3.8, 4) is 17.1 Å². The molecule has 1 saturated heterocycles. The fraction of sp³-hybridized carbons (Fsp3) is 0.286. The van der Waals surface area contributed by atoms with E-state index in [1.54, 1.807) is 7.11 Å². The number of methoxy groups -OCH3 is 1. The molecule has 0 aliphatic carbocycles. The monoisotopic (exact) mass is 363 g/mol. The van der Waals surface area contributed by atoms with Gasteiger partial charge in [-0.3, -0.25) is 4.79 Å². The molecule has 1 amide bonds. The van der Waals surface area contributed by atoms with Crippen LogP contribution in [0.25, 0.3) is 11.4 Å². The summed E-state index contributed by atoms with van der Waals surface area (Å²) in [4.78, 5) is 18.7. The summed E-state index contributed by atoms with van der Waals surface area (Å²) in [5.41, 5.74) is 2.80. The van der Waals surface area contributed by atoms with Crippen molar-refractivity contribution >= 4 is 5.91 Å². The number of hydrogen-bond donors (Lipinski definition) is 0. The number of hydrogen-bond acceptors (Lipinski definition) is 5. The SMILES string of the molecule is COc1cccc(C2CCN(C(=O)c3ccc(-c4ncon4)cc3)CC2)c1. The molecule has 1 aromatic heterocycles. The van der Waals surface area contributed by atoms with Crippen molar-refractivity contribution < 1.29 is 14.1 Å². The van der Waals surface area contributed by atoms with Crippen LogP contribution in [0.4, 0.5) is 0 Å². The summed E-state index contributed by atoms with van der Waals surface area (Å²) in [7, 11) is 1.68. The summed E-state index contributed by atoms with van der Waals surface area (Å²) in [6, 6.07) is 15.6. The van der Waals surface area contributed by atoms with Gasteiger partial charge in [-0.15, -0.1) is 0 Å². The number of nitrogens with zero attached hydrogens (tertiary/aromatic N) is 3. The third-order valence-corrected chi connectivity index (χ3v) is 5.10. The quantitative estimate of drug-likeness (QED) is 0.706. The second-order valence-electron chi connectivity index (χ2n) is 6.68. The first-order chi connectivity index (χ1) is 13.2. The Morgan fingerprint density at radius 2 is 1.93 bits per heavy atom. The van der Waals surface area contributed by atoms with E-state index >= 15 is 0 Å². The third kappa shape index (κ3) is 3.69. The van der Waals surface area contributed by atoms with Crippen LogP contribution in [-0.2, 0) is 0 Å². The highest BCUT2D eigenvalue weighted by Gasteiger charge is 2.24. The van der Waals surface area contributed by atoms with Gasteiger partial charge in [-0.2, -0.15) is 4.98 Å². The molecule has 0 radical (unpaired) electrons. The van der Waals surface area contributed by atoms with Crippen molar-refractivity contribution in [1.82, 2.24) is 15.0 Å². The lowest BCUT2D eigenvalue weighted by molar-refractivity contribution is 0.0713. The van der Waals surface area contributed by atoms with Gasteiger partial charge in [-0.25, -0.2) is 0 Å². The Balaban J connectivity index is 1.39. The summed E-state index contributed by atoms with van der Waals surface area (Å²) >= 11 is 0. The van der Waals surface area contributed by atoms with Gasteiger partial charge in [0.15, 0.2) is 0 Å². The van der Waals surface area contributed by atoms with Crippen LogP contribution in [0.5, 0.6) is 5.75 Å².